The maximum Gasteiger partial charge on any atom is 0.495 e. The lowest BCUT2D eigenvalue weighted by Gasteiger charge is -2.32. The predicted molar refractivity (Wildman–Crippen MR) is 400 cm³/mol. The van der Waals surface area contributed by atoms with E-state index in [-0.39, 0.29) is 34.5 Å². The SMILES string of the molecule is CC(C)(C)OC(=O)Nc1cc(B2OC(C)(C)C(C)(C)O2)ccn1.CC(C)(C)OC(=O)Nc1cc(Br)ccn1.CC1(C)OB(B2OC(C)(C)C(C)(C)O2)OC1(C)C.CCNC(=O)Nc1cn2ccc(-c3ccnc(NC(=O)OC(C)(C)C)c3)cc2n1.CCNC(=O)Nc1cn2ccc(Br)cc2n1. The summed E-state index contributed by atoms with van der Waals surface area (Å²) >= 11 is 6.65. The van der Waals surface area contributed by atoms with Crippen LogP contribution in [0.1, 0.15) is 159 Å². The van der Waals surface area contributed by atoms with Gasteiger partial charge in [0, 0.05) is 53.0 Å². The van der Waals surface area contributed by atoms with Crippen molar-refractivity contribution in [2.75, 3.05) is 39.7 Å². The summed E-state index contributed by atoms with van der Waals surface area (Å²) in [5.74, 6) is 2.22. The first-order chi connectivity index (χ1) is 46.6. The molecule has 7 amide bonds. The van der Waals surface area contributed by atoms with Crippen LogP contribution >= 0.6 is 31.9 Å². The number of nitrogens with zero attached hydrogens (tertiary/aromatic N) is 7. The third-order valence-corrected chi connectivity index (χ3v) is 16.8. The number of carbonyl (C=O) groups excluding carboxylic acids is 5. The second kappa shape index (κ2) is 33.0. The van der Waals surface area contributed by atoms with Gasteiger partial charge in [-0.15, -0.1) is 0 Å². The Morgan fingerprint density at radius 2 is 0.782 bits per heavy atom. The van der Waals surface area contributed by atoms with Crippen molar-refractivity contribution in [2.45, 2.75) is 210 Å². The smallest absolute Gasteiger partial charge is 0.444 e. The van der Waals surface area contributed by atoms with Gasteiger partial charge in [0.25, 0.3) is 0 Å². The molecule has 3 aliphatic rings. The van der Waals surface area contributed by atoms with E-state index in [2.05, 4.69) is 94.0 Å². The van der Waals surface area contributed by atoms with Crippen LogP contribution in [0.2, 0.25) is 0 Å². The molecule has 0 unspecified atom stereocenters. The number of aromatic nitrogens is 7. The van der Waals surface area contributed by atoms with Gasteiger partial charge in [-0.1, -0.05) is 31.9 Å². The molecule has 0 aromatic carbocycles. The quantitative estimate of drug-likeness (QED) is 0.0494. The Bertz CT molecular complexity index is 3940. The third kappa shape index (κ3) is 24.7. The zero-order valence-corrected chi connectivity index (χ0v) is 65.2. The number of nitrogens with one attached hydrogen (secondary N) is 7. The van der Waals surface area contributed by atoms with E-state index in [9.17, 15) is 24.0 Å². The normalized spacial score (nSPS) is 16.6. The zero-order valence-electron chi connectivity index (χ0n) is 62.1. The molecule has 0 aliphatic carbocycles. The number of anilines is 5. The number of pyridine rings is 5. The van der Waals surface area contributed by atoms with Crippen molar-refractivity contribution in [3.63, 3.8) is 0 Å². The highest BCUT2D eigenvalue weighted by molar-refractivity contribution is 9.10. The van der Waals surface area contributed by atoms with E-state index >= 15 is 0 Å². The molecule has 0 bridgehead atoms. The first-order valence-electron chi connectivity index (χ1n) is 32.9. The lowest BCUT2D eigenvalue weighted by atomic mass is 9.49. The average Bonchev–Trinajstić information content (AvgIpc) is 1.60. The van der Waals surface area contributed by atoms with Crippen LogP contribution < -0.4 is 42.7 Å². The Labute approximate surface area is 609 Å². The van der Waals surface area contributed by atoms with Crippen molar-refractivity contribution < 1.29 is 66.1 Å². The Kier molecular flexibility index (Phi) is 26.8. The van der Waals surface area contributed by atoms with Crippen molar-refractivity contribution in [2.24, 2.45) is 0 Å². The number of imidazole rings is 2. The number of urea groups is 2. The standard InChI is InChI=1S/C20H24N6O3.C16H25BN2O4.C12H24B2O4.C10H11BrN4O.C10H13BrN2O2/c1-5-21-18(27)24-16-12-26-9-7-14(11-17(26)23-16)13-6-8-22-15(10-13)25-19(28)29-20(2,3)4;1-14(2,3)21-13(20)19-12-10-11(8-9-18-12)17-22-15(4,5)16(6,7)23-17;1-9(2)10(3,4)16-13(15-9)14-17-11(5,6)12(7,8)18-14;1-2-12-10(16)14-8-6-15-4-3-7(11)5-9(15)13-8;1-10(2,3)15-9(14)13-8-6-7(11)4-5-12-8/h6-12H,5H2,1-4H3,(H2,21,24,27)(H,22,25,28);8-10H,1-7H3,(H,18,19,20);1-8H3;3-6H,2H2,1H3,(H2,12,14,16);4-6H,1-3H3,(H,12,13,14). The number of amides is 7. The minimum atomic E-state index is -0.590. The van der Waals surface area contributed by atoms with E-state index in [1.807, 2.05) is 155 Å². The highest BCUT2D eigenvalue weighted by Gasteiger charge is 2.64. The van der Waals surface area contributed by atoms with E-state index in [4.69, 9.17) is 42.1 Å². The summed E-state index contributed by atoms with van der Waals surface area (Å²) in [6.45, 7) is 45.2. The molecule has 7 aromatic heterocycles. The molecule has 10 heterocycles. The van der Waals surface area contributed by atoms with Crippen molar-refractivity contribution >= 4 is 129 Å². The molecule has 3 aliphatic heterocycles. The highest BCUT2D eigenvalue weighted by atomic mass is 79.9. The second-order valence-electron chi connectivity index (χ2n) is 29.5. The third-order valence-electron chi connectivity index (χ3n) is 15.8. The van der Waals surface area contributed by atoms with Crippen LogP contribution in [0.4, 0.5) is 53.1 Å². The van der Waals surface area contributed by atoms with Crippen LogP contribution in [-0.4, -0.2) is 149 Å². The molecular formula is C68H97B3Br2N14O14. The first-order valence-corrected chi connectivity index (χ1v) is 34.5. The molecule has 101 heavy (non-hydrogen) atoms. The fraction of sp³-hybridized carbons (Fsp3) is 0.500. The topological polar surface area (TPSA) is 326 Å². The fourth-order valence-corrected chi connectivity index (χ4v) is 9.56. The van der Waals surface area contributed by atoms with Crippen molar-refractivity contribution in [3.05, 3.63) is 113 Å². The molecule has 7 aromatic rings. The molecule has 0 atom stereocenters. The van der Waals surface area contributed by atoms with Crippen molar-refractivity contribution in [1.82, 2.24) is 44.4 Å². The Morgan fingerprint density at radius 3 is 1.19 bits per heavy atom. The van der Waals surface area contributed by atoms with Gasteiger partial charge < -0.3 is 61.6 Å². The van der Waals surface area contributed by atoms with Gasteiger partial charge in [-0.2, -0.15) is 0 Å². The molecule has 33 heteroatoms. The fourth-order valence-electron chi connectivity index (χ4n) is 8.90. The summed E-state index contributed by atoms with van der Waals surface area (Å²) in [5, 5.41) is 18.4. The molecule has 3 fully saturated rings. The van der Waals surface area contributed by atoms with Crippen LogP contribution in [-0.2, 0) is 42.1 Å². The summed E-state index contributed by atoms with van der Waals surface area (Å²) in [6.07, 6.45) is 10.4. The summed E-state index contributed by atoms with van der Waals surface area (Å²) < 4.78 is 56.8. The maximum atomic E-state index is 12.0. The number of carbonyl (C=O) groups is 5. The van der Waals surface area contributed by atoms with Crippen LogP contribution in [0.5, 0.6) is 0 Å². The number of fused-ring (bicyclic) bond motifs is 2. The number of hydrogen-bond acceptors (Lipinski definition) is 19. The molecule has 0 spiro atoms. The van der Waals surface area contributed by atoms with E-state index in [1.54, 1.807) is 118 Å². The van der Waals surface area contributed by atoms with E-state index in [0.717, 1.165) is 31.2 Å². The van der Waals surface area contributed by atoms with Gasteiger partial charge >= 0.3 is 51.5 Å². The van der Waals surface area contributed by atoms with E-state index in [0.29, 0.717) is 47.8 Å². The zero-order chi connectivity index (χ0) is 75.5. The molecule has 28 nitrogen and oxygen atoms in total. The molecule has 546 valence electrons. The maximum absolute atomic E-state index is 12.0. The largest absolute Gasteiger partial charge is 0.495 e. The van der Waals surface area contributed by atoms with Crippen LogP contribution in [0.3, 0.4) is 0 Å². The summed E-state index contributed by atoms with van der Waals surface area (Å²) in [4.78, 5) is 79.0. The van der Waals surface area contributed by atoms with Gasteiger partial charge in [0.05, 0.1) is 46.0 Å². The molecule has 3 saturated heterocycles. The van der Waals surface area contributed by atoms with Gasteiger partial charge in [0.2, 0.25) is 0 Å². The Hall–Kier alpha value is -7.91. The van der Waals surface area contributed by atoms with E-state index in [1.165, 1.54) is 0 Å². The van der Waals surface area contributed by atoms with Crippen LogP contribution in [0.15, 0.2) is 113 Å². The van der Waals surface area contributed by atoms with Crippen molar-refractivity contribution in [1.29, 1.82) is 0 Å². The summed E-state index contributed by atoms with van der Waals surface area (Å²) in [6, 6.07) is 17.6. The lowest BCUT2D eigenvalue weighted by molar-refractivity contribution is 0.00578. The number of halogens is 2. The van der Waals surface area contributed by atoms with Gasteiger partial charge in [-0.3, -0.25) is 26.6 Å². The Balaban J connectivity index is 0.000000203. The number of rotatable bonds is 10. The van der Waals surface area contributed by atoms with Crippen LogP contribution in [0.25, 0.3) is 22.4 Å². The minimum Gasteiger partial charge on any atom is -0.444 e. The van der Waals surface area contributed by atoms with Gasteiger partial charge in [0.1, 0.15) is 45.6 Å². The monoisotopic (exact) mass is 1520 g/mol. The van der Waals surface area contributed by atoms with Gasteiger partial charge in [-0.25, -0.2) is 48.9 Å². The van der Waals surface area contributed by atoms with E-state index < -0.39 is 67.4 Å². The lowest BCUT2D eigenvalue weighted by Crippen LogP contribution is -2.41. The van der Waals surface area contributed by atoms with Gasteiger partial charge in [0.15, 0.2) is 11.6 Å². The Morgan fingerprint density at radius 1 is 0.436 bits per heavy atom. The minimum absolute atomic E-state index is 0.245. The summed E-state index contributed by atoms with van der Waals surface area (Å²) in [5.41, 5.74) is 0.0666. The van der Waals surface area contributed by atoms with Crippen LogP contribution in [0, 0.1) is 0 Å². The number of hydrogen-bond donors (Lipinski definition) is 7. The molecule has 7 N–H and O–H groups in total. The molecular weight excluding hydrogens is 1430 g/mol. The molecule has 0 saturated carbocycles. The predicted octanol–water partition coefficient (Wildman–Crippen LogP) is 14.3. The average molecular weight is 1530 g/mol. The van der Waals surface area contributed by atoms with Gasteiger partial charge in [-0.05, 0) is 236 Å². The number of ether oxygens (including phenoxy) is 3. The first kappa shape index (κ1) is 82.1. The van der Waals surface area contributed by atoms with Crippen molar-refractivity contribution in [3.8, 4) is 11.1 Å². The molecule has 0 radical (unpaired) electrons. The summed E-state index contributed by atoms with van der Waals surface area (Å²) in [7, 11) is -1.45. The highest BCUT2D eigenvalue weighted by Crippen LogP contribution is 2.43. The second-order valence-corrected chi connectivity index (χ2v) is 31.3. The molecule has 10 rings (SSSR count).